The number of hydrogen-bond donors (Lipinski definition) is 2. The number of benzene rings is 2. The Kier molecular flexibility index (Phi) is 4.62. The van der Waals surface area contributed by atoms with Crippen molar-refractivity contribution in [1.29, 1.82) is 0 Å². The van der Waals surface area contributed by atoms with Crippen LogP contribution >= 0.6 is 0 Å². The zero-order chi connectivity index (χ0) is 17.1. The first-order valence-electron chi connectivity index (χ1n) is 8.05. The van der Waals surface area contributed by atoms with Crippen molar-refractivity contribution in [2.75, 3.05) is 13.1 Å². The van der Waals surface area contributed by atoms with E-state index in [1.54, 1.807) is 36.4 Å². The molecule has 124 valence electrons. The van der Waals surface area contributed by atoms with Gasteiger partial charge in [0.2, 0.25) is 0 Å². The van der Waals surface area contributed by atoms with Gasteiger partial charge in [0.15, 0.2) is 0 Å². The Morgan fingerprint density at radius 2 is 1.71 bits per heavy atom. The van der Waals surface area contributed by atoms with E-state index < -0.39 is 0 Å². The smallest absolute Gasteiger partial charge is 0.261 e. The summed E-state index contributed by atoms with van der Waals surface area (Å²) >= 11 is 0. The lowest BCUT2D eigenvalue weighted by Crippen LogP contribution is -2.32. The van der Waals surface area contributed by atoms with Crippen molar-refractivity contribution >= 4 is 11.8 Å². The molecule has 5 heteroatoms. The summed E-state index contributed by atoms with van der Waals surface area (Å²) < 4.78 is 0. The number of imide groups is 1. The maximum absolute atomic E-state index is 12.3. The highest BCUT2D eigenvalue weighted by Gasteiger charge is 2.34. The van der Waals surface area contributed by atoms with Crippen LogP contribution < -0.4 is 5.32 Å². The molecule has 1 heterocycles. The van der Waals surface area contributed by atoms with Crippen LogP contribution in [-0.4, -0.2) is 34.9 Å². The van der Waals surface area contributed by atoms with Gasteiger partial charge in [0.1, 0.15) is 5.75 Å². The Bertz CT molecular complexity index is 738. The number of rotatable bonds is 6. The van der Waals surface area contributed by atoms with Crippen LogP contribution in [0.25, 0.3) is 0 Å². The lowest BCUT2D eigenvalue weighted by Gasteiger charge is -2.17. The van der Waals surface area contributed by atoms with Crippen molar-refractivity contribution in [3.8, 4) is 5.75 Å². The van der Waals surface area contributed by atoms with Gasteiger partial charge in [0.25, 0.3) is 11.8 Å². The van der Waals surface area contributed by atoms with Gasteiger partial charge in [0.05, 0.1) is 11.1 Å². The van der Waals surface area contributed by atoms with E-state index in [1.807, 2.05) is 19.1 Å². The maximum atomic E-state index is 12.3. The molecule has 0 spiro atoms. The fourth-order valence-electron chi connectivity index (χ4n) is 2.91. The van der Waals surface area contributed by atoms with Crippen LogP contribution in [0.4, 0.5) is 0 Å². The van der Waals surface area contributed by atoms with Crippen LogP contribution in [0.3, 0.4) is 0 Å². The van der Waals surface area contributed by atoms with Gasteiger partial charge < -0.3 is 10.4 Å². The molecule has 0 aliphatic carbocycles. The molecule has 0 aromatic heterocycles. The molecule has 5 nitrogen and oxygen atoms in total. The third-order valence-electron chi connectivity index (χ3n) is 4.26. The van der Waals surface area contributed by atoms with E-state index in [0.717, 1.165) is 5.56 Å². The van der Waals surface area contributed by atoms with E-state index in [2.05, 4.69) is 5.32 Å². The average Bonchev–Trinajstić information content (AvgIpc) is 2.83. The SMILES string of the molecule is C[C@@H](NCCCN1C(=O)c2ccccc2C1=O)c1cccc(O)c1. The summed E-state index contributed by atoms with van der Waals surface area (Å²) in [5, 5.41) is 12.9. The highest BCUT2D eigenvalue weighted by atomic mass is 16.3. The van der Waals surface area contributed by atoms with Gasteiger partial charge in [-0.2, -0.15) is 0 Å². The van der Waals surface area contributed by atoms with Crippen molar-refractivity contribution in [1.82, 2.24) is 10.2 Å². The number of nitrogens with zero attached hydrogens (tertiary/aromatic N) is 1. The fourth-order valence-corrected chi connectivity index (χ4v) is 2.91. The van der Waals surface area contributed by atoms with Crippen molar-refractivity contribution in [2.24, 2.45) is 0 Å². The molecular formula is C19H20N2O3. The molecular weight excluding hydrogens is 304 g/mol. The third kappa shape index (κ3) is 3.16. The first kappa shape index (κ1) is 16.2. The number of hydrogen-bond acceptors (Lipinski definition) is 4. The molecule has 0 unspecified atom stereocenters. The molecule has 24 heavy (non-hydrogen) atoms. The van der Waals surface area contributed by atoms with Gasteiger partial charge in [-0.25, -0.2) is 0 Å². The summed E-state index contributed by atoms with van der Waals surface area (Å²) in [6.07, 6.45) is 0.675. The first-order chi connectivity index (χ1) is 11.6. The Labute approximate surface area is 140 Å². The second-order valence-corrected chi connectivity index (χ2v) is 5.93. The van der Waals surface area contributed by atoms with Crippen LogP contribution in [0.2, 0.25) is 0 Å². The van der Waals surface area contributed by atoms with Gasteiger partial charge in [-0.15, -0.1) is 0 Å². The van der Waals surface area contributed by atoms with E-state index in [-0.39, 0.29) is 23.6 Å². The molecule has 1 aliphatic heterocycles. The van der Waals surface area contributed by atoms with Gasteiger partial charge >= 0.3 is 0 Å². The third-order valence-corrected chi connectivity index (χ3v) is 4.26. The summed E-state index contributed by atoms with van der Waals surface area (Å²) in [4.78, 5) is 25.8. The summed E-state index contributed by atoms with van der Waals surface area (Å²) in [7, 11) is 0. The zero-order valence-electron chi connectivity index (χ0n) is 13.5. The fraction of sp³-hybridized carbons (Fsp3) is 0.263. The highest BCUT2D eigenvalue weighted by molar-refractivity contribution is 6.21. The number of nitrogens with one attached hydrogen (secondary N) is 1. The monoisotopic (exact) mass is 324 g/mol. The number of phenols is 1. The Balaban J connectivity index is 1.51. The van der Waals surface area contributed by atoms with Gasteiger partial charge in [-0.3, -0.25) is 14.5 Å². The molecule has 2 aromatic rings. The Morgan fingerprint density at radius 1 is 1.04 bits per heavy atom. The summed E-state index contributed by atoms with van der Waals surface area (Å²) in [5.74, 6) is -0.180. The normalized spacial score (nSPS) is 14.8. The largest absolute Gasteiger partial charge is 0.508 e. The predicted octanol–water partition coefficient (Wildman–Crippen LogP) is 2.73. The minimum Gasteiger partial charge on any atom is -0.508 e. The summed E-state index contributed by atoms with van der Waals surface area (Å²) in [6.45, 7) is 3.08. The van der Waals surface area contributed by atoms with E-state index in [1.165, 1.54) is 4.90 Å². The van der Waals surface area contributed by atoms with Crippen LogP contribution in [0.5, 0.6) is 5.75 Å². The van der Waals surface area contributed by atoms with Crippen molar-refractivity contribution in [3.05, 3.63) is 65.2 Å². The van der Waals surface area contributed by atoms with Gasteiger partial charge in [-0.05, 0) is 49.7 Å². The Morgan fingerprint density at radius 3 is 2.33 bits per heavy atom. The van der Waals surface area contributed by atoms with Crippen molar-refractivity contribution < 1.29 is 14.7 Å². The second-order valence-electron chi connectivity index (χ2n) is 5.93. The number of phenolic OH excluding ortho intramolecular Hbond substituents is 1. The van der Waals surface area contributed by atoms with Crippen LogP contribution in [-0.2, 0) is 0 Å². The molecule has 2 aromatic carbocycles. The molecule has 2 amide bonds. The molecule has 0 bridgehead atoms. The van der Waals surface area contributed by atoms with E-state index in [4.69, 9.17) is 0 Å². The van der Waals surface area contributed by atoms with E-state index >= 15 is 0 Å². The maximum Gasteiger partial charge on any atom is 0.261 e. The van der Waals surface area contributed by atoms with Gasteiger partial charge in [0, 0.05) is 12.6 Å². The molecule has 0 fully saturated rings. The predicted molar refractivity (Wildman–Crippen MR) is 91.0 cm³/mol. The lowest BCUT2D eigenvalue weighted by molar-refractivity contribution is 0.0652. The molecule has 1 atom stereocenters. The minimum absolute atomic E-state index is 0.0827. The minimum atomic E-state index is -0.211. The topological polar surface area (TPSA) is 69.6 Å². The molecule has 0 saturated carbocycles. The van der Waals surface area contributed by atoms with Crippen LogP contribution in [0.15, 0.2) is 48.5 Å². The first-order valence-corrected chi connectivity index (χ1v) is 8.05. The average molecular weight is 324 g/mol. The molecule has 3 rings (SSSR count). The number of fused-ring (bicyclic) bond motifs is 1. The Hall–Kier alpha value is -2.66. The molecule has 1 aliphatic rings. The van der Waals surface area contributed by atoms with E-state index in [0.29, 0.717) is 30.6 Å². The lowest BCUT2D eigenvalue weighted by atomic mass is 10.1. The standard InChI is InChI=1S/C19H20N2O3/c1-13(14-6-4-7-15(22)12-14)20-10-5-11-21-18(23)16-8-2-3-9-17(16)19(21)24/h2-4,6-9,12-13,20,22H,5,10-11H2,1H3/t13-/m1/s1. The number of aromatic hydroxyl groups is 1. The highest BCUT2D eigenvalue weighted by Crippen LogP contribution is 2.22. The van der Waals surface area contributed by atoms with Crippen LogP contribution in [0.1, 0.15) is 45.7 Å². The summed E-state index contributed by atoms with van der Waals surface area (Å²) in [5.41, 5.74) is 1.97. The molecule has 2 N–H and O–H groups in total. The molecule has 0 radical (unpaired) electrons. The van der Waals surface area contributed by atoms with Crippen molar-refractivity contribution in [2.45, 2.75) is 19.4 Å². The number of carbonyl (C=O) groups is 2. The second kappa shape index (κ2) is 6.84. The quantitative estimate of drug-likeness (QED) is 0.633. The van der Waals surface area contributed by atoms with Gasteiger partial charge in [-0.1, -0.05) is 24.3 Å². The number of carbonyl (C=O) groups excluding carboxylic acids is 2. The molecule has 0 saturated heterocycles. The van der Waals surface area contributed by atoms with E-state index in [9.17, 15) is 14.7 Å². The zero-order valence-corrected chi connectivity index (χ0v) is 13.5. The van der Waals surface area contributed by atoms with Crippen molar-refractivity contribution in [3.63, 3.8) is 0 Å². The summed E-state index contributed by atoms with van der Waals surface area (Å²) in [6, 6.07) is 14.1. The van der Waals surface area contributed by atoms with Crippen LogP contribution in [0, 0.1) is 0 Å². The number of amides is 2.